The van der Waals surface area contributed by atoms with E-state index in [1.807, 2.05) is 58.7 Å². The van der Waals surface area contributed by atoms with E-state index in [-0.39, 0.29) is 48.1 Å². The van der Waals surface area contributed by atoms with Crippen molar-refractivity contribution in [2.75, 3.05) is 32.5 Å². The van der Waals surface area contributed by atoms with Gasteiger partial charge in [0.1, 0.15) is 16.7 Å². The molecule has 16 heteroatoms. The molecule has 1 saturated heterocycles. The Bertz CT molecular complexity index is 1720. The lowest BCUT2D eigenvalue weighted by Gasteiger charge is -2.38. The predicted molar refractivity (Wildman–Crippen MR) is 224 cm³/mol. The van der Waals surface area contributed by atoms with Crippen LogP contribution in [0.25, 0.3) is 0 Å². The summed E-state index contributed by atoms with van der Waals surface area (Å²) < 4.78 is 5.91. The molecule has 0 saturated carbocycles. The van der Waals surface area contributed by atoms with Gasteiger partial charge in [-0.15, -0.1) is 11.3 Å². The molecule has 1 fully saturated rings. The van der Waals surface area contributed by atoms with Crippen LogP contribution in [0.1, 0.15) is 121 Å². The van der Waals surface area contributed by atoms with Crippen LogP contribution < -0.4 is 21.3 Å². The molecular formula is C42H65N7O8S. The number of ether oxygens (including phenoxy) is 1. The van der Waals surface area contributed by atoms with E-state index in [0.717, 1.165) is 29.9 Å². The lowest BCUT2D eigenvalue weighted by Crippen LogP contribution is -2.60. The van der Waals surface area contributed by atoms with E-state index in [2.05, 4.69) is 26.3 Å². The lowest BCUT2D eigenvalue weighted by molar-refractivity contribution is -0.142. The molecule has 15 nitrogen and oxygen atoms in total. The van der Waals surface area contributed by atoms with Gasteiger partial charge in [0.25, 0.3) is 5.91 Å². The first-order chi connectivity index (χ1) is 27.3. The number of aromatic nitrogens is 1. The van der Waals surface area contributed by atoms with Gasteiger partial charge in [0.05, 0.1) is 11.5 Å². The number of carbonyl (C=O) groups is 6. The first-order valence-corrected chi connectivity index (χ1v) is 21.3. The Hall–Kier alpha value is -4.57. The fraction of sp³-hybridized carbons (Fsp3) is 0.643. The van der Waals surface area contributed by atoms with Crippen LogP contribution >= 0.6 is 11.3 Å². The minimum atomic E-state index is -0.991. The summed E-state index contributed by atoms with van der Waals surface area (Å²) in [5.74, 6) is -3.05. The number of amides is 5. The molecule has 0 radical (unpaired) electrons. The van der Waals surface area contributed by atoms with Gasteiger partial charge < -0.3 is 36.0 Å². The number of hydrogen-bond donors (Lipinski definition) is 5. The number of likely N-dealkylation sites (N-methyl/N-ethyl adjacent to an activating group) is 2. The second kappa shape index (κ2) is 22.0. The number of rotatable bonds is 21. The molecule has 0 aliphatic carbocycles. The summed E-state index contributed by atoms with van der Waals surface area (Å²) in [5.41, 5.74) is 0.830. The van der Waals surface area contributed by atoms with Crippen molar-refractivity contribution in [1.29, 1.82) is 0 Å². The summed E-state index contributed by atoms with van der Waals surface area (Å²) in [6, 6.07) is 5.36. The van der Waals surface area contributed by atoms with Crippen molar-refractivity contribution in [1.82, 2.24) is 30.7 Å². The van der Waals surface area contributed by atoms with Crippen molar-refractivity contribution in [3.63, 3.8) is 0 Å². The highest BCUT2D eigenvalue weighted by Gasteiger charge is 2.44. The fourth-order valence-corrected chi connectivity index (χ4v) is 7.98. The Labute approximate surface area is 347 Å². The third-order valence-corrected chi connectivity index (χ3v) is 12.3. The van der Waals surface area contributed by atoms with Gasteiger partial charge in [0.2, 0.25) is 17.7 Å². The van der Waals surface area contributed by atoms with Crippen LogP contribution in [0.3, 0.4) is 0 Å². The molecule has 1 unspecified atom stereocenters. The van der Waals surface area contributed by atoms with Crippen LogP contribution in [0.2, 0.25) is 0 Å². The molecule has 58 heavy (non-hydrogen) atoms. The summed E-state index contributed by atoms with van der Waals surface area (Å²) in [4.78, 5) is 86.5. The molecule has 3 rings (SSSR count). The zero-order valence-corrected chi connectivity index (χ0v) is 36.7. The van der Waals surface area contributed by atoms with Crippen molar-refractivity contribution in [3.05, 3.63) is 45.9 Å². The zero-order chi connectivity index (χ0) is 43.3. The monoisotopic (exact) mass is 827 g/mol. The highest BCUT2D eigenvalue weighted by molar-refractivity contribution is 7.09. The number of carbonyl (C=O) groups excluding carboxylic acids is 5. The van der Waals surface area contributed by atoms with E-state index < -0.39 is 53.7 Å². The maximum absolute atomic E-state index is 14.3. The molecule has 1 aliphatic heterocycles. The van der Waals surface area contributed by atoms with E-state index in [1.165, 1.54) is 0 Å². The Balaban J connectivity index is 1.87. The number of likely N-dealkylation sites (tertiary alicyclic amines) is 1. The van der Waals surface area contributed by atoms with Crippen molar-refractivity contribution in [3.8, 4) is 0 Å². The van der Waals surface area contributed by atoms with Crippen LogP contribution in [0.4, 0.5) is 10.5 Å². The molecule has 7 atom stereocenters. The number of carboxylic acids is 1. The maximum atomic E-state index is 14.3. The SMILES string of the molecule is CCNC(=O)O[C@H](CC(C(C)C)N(C)C(=O)[C@@H](NC(=O)[C@@]1(C)CCCN1C)[C@@H](C)CC)c1nc(C(=O)N[C@@H](Cc2ccc(NC(=O)CC)cc2)C[C@H](C)C(=O)O)cs1. The highest BCUT2D eigenvalue weighted by atomic mass is 32.1. The Morgan fingerprint density at radius 3 is 2.24 bits per heavy atom. The predicted octanol–water partition coefficient (Wildman–Crippen LogP) is 5.62. The molecule has 5 N–H and O–H groups in total. The van der Waals surface area contributed by atoms with Crippen LogP contribution in [0.15, 0.2) is 29.6 Å². The Morgan fingerprint density at radius 1 is 1.02 bits per heavy atom. The number of carboxylic acid groups (broad SMARTS) is 1. The molecule has 1 aromatic heterocycles. The largest absolute Gasteiger partial charge is 0.481 e. The van der Waals surface area contributed by atoms with Gasteiger partial charge in [-0.3, -0.25) is 28.9 Å². The van der Waals surface area contributed by atoms with Crippen LogP contribution in [-0.2, 0) is 30.3 Å². The normalized spacial score (nSPS) is 18.6. The third kappa shape index (κ3) is 13.0. The number of aliphatic carboxylic acids is 1. The number of nitrogens with zero attached hydrogens (tertiary/aromatic N) is 3. The first kappa shape index (κ1) is 47.8. The zero-order valence-electron chi connectivity index (χ0n) is 35.8. The Morgan fingerprint density at radius 2 is 1.69 bits per heavy atom. The van der Waals surface area contributed by atoms with E-state index in [9.17, 15) is 33.9 Å². The van der Waals surface area contributed by atoms with Crippen molar-refractivity contribution in [2.45, 2.75) is 130 Å². The van der Waals surface area contributed by atoms with E-state index in [1.54, 1.807) is 50.2 Å². The van der Waals surface area contributed by atoms with Gasteiger partial charge in [-0.25, -0.2) is 9.78 Å². The average Bonchev–Trinajstić information content (AvgIpc) is 3.82. The molecule has 5 amide bonds. The van der Waals surface area contributed by atoms with Crippen molar-refractivity contribution < 1.29 is 38.6 Å². The number of alkyl carbamates (subject to hydrolysis) is 1. The number of thiazole rings is 1. The van der Waals surface area contributed by atoms with Gasteiger partial charge in [-0.05, 0) is 82.7 Å². The van der Waals surface area contributed by atoms with Crippen molar-refractivity contribution >= 4 is 52.7 Å². The summed E-state index contributed by atoms with van der Waals surface area (Å²) in [5, 5.41) is 23.1. The van der Waals surface area contributed by atoms with E-state index in [4.69, 9.17) is 4.74 Å². The minimum absolute atomic E-state index is 0.0746. The van der Waals surface area contributed by atoms with Gasteiger partial charge in [-0.2, -0.15) is 0 Å². The molecule has 2 aromatic rings. The number of nitrogens with one attached hydrogen (secondary N) is 4. The number of anilines is 1. The Kier molecular flexibility index (Phi) is 18.1. The van der Waals surface area contributed by atoms with E-state index >= 15 is 0 Å². The quantitative estimate of drug-likeness (QED) is 0.105. The smallest absolute Gasteiger partial charge is 0.407 e. The van der Waals surface area contributed by atoms with Crippen LogP contribution in [0.5, 0.6) is 0 Å². The van der Waals surface area contributed by atoms with Gasteiger partial charge in [-0.1, -0.05) is 60.1 Å². The summed E-state index contributed by atoms with van der Waals surface area (Å²) in [7, 11) is 3.63. The lowest BCUT2D eigenvalue weighted by atomic mass is 9.91. The average molecular weight is 828 g/mol. The standard InChI is InChI=1S/C42H65N7O8S/c1-11-26(6)35(47-40(55)42(8)19-14-20-48(42)9)38(52)49(10)32(25(4)5)23-33(57-41(56)43-13-3)37-46-31(24-58-37)36(51)45-30(21-27(7)39(53)54)22-28-15-17-29(18-16-28)44-34(50)12-2/h15-18,24-27,30,32-33,35H,11-14,19-23H2,1-10H3,(H,43,56)(H,44,50)(H,45,51)(H,47,55)(H,53,54)/t26-,27-,30+,32?,33+,35-,42+/m0/s1. The highest BCUT2D eigenvalue weighted by Crippen LogP contribution is 2.32. The topological polar surface area (TPSA) is 199 Å². The summed E-state index contributed by atoms with van der Waals surface area (Å²) >= 11 is 1.14. The number of hydrogen-bond acceptors (Lipinski definition) is 10. The second-order valence-corrected chi connectivity index (χ2v) is 17.0. The fourth-order valence-electron chi connectivity index (χ4n) is 7.14. The summed E-state index contributed by atoms with van der Waals surface area (Å²) in [6.07, 6.45) is 1.64. The summed E-state index contributed by atoms with van der Waals surface area (Å²) in [6.45, 7) is 16.0. The molecule has 1 aromatic carbocycles. The molecule has 322 valence electrons. The van der Waals surface area contributed by atoms with Crippen LogP contribution in [-0.4, -0.2) is 106 Å². The third-order valence-electron chi connectivity index (χ3n) is 11.4. The van der Waals surface area contributed by atoms with Crippen LogP contribution in [0, 0.1) is 17.8 Å². The van der Waals surface area contributed by atoms with Gasteiger partial charge in [0, 0.05) is 49.6 Å². The van der Waals surface area contributed by atoms with E-state index in [0.29, 0.717) is 42.9 Å². The molecular weight excluding hydrogens is 763 g/mol. The van der Waals surface area contributed by atoms with Gasteiger partial charge in [0.15, 0.2) is 6.10 Å². The molecule has 2 heterocycles. The maximum Gasteiger partial charge on any atom is 0.407 e. The number of benzene rings is 1. The molecule has 1 aliphatic rings. The first-order valence-electron chi connectivity index (χ1n) is 20.5. The minimum Gasteiger partial charge on any atom is -0.481 e. The second-order valence-electron chi connectivity index (χ2n) is 16.1. The molecule has 0 bridgehead atoms. The van der Waals surface area contributed by atoms with Gasteiger partial charge >= 0.3 is 12.1 Å². The van der Waals surface area contributed by atoms with Crippen molar-refractivity contribution in [2.24, 2.45) is 17.8 Å². The molecule has 0 spiro atoms.